The number of halogens is 6. The van der Waals surface area contributed by atoms with Gasteiger partial charge in [-0.25, -0.2) is 18.7 Å². The van der Waals surface area contributed by atoms with Crippen molar-refractivity contribution in [2.75, 3.05) is 25.5 Å². The van der Waals surface area contributed by atoms with Gasteiger partial charge in [0.2, 0.25) is 5.95 Å². The molecular formula is C21H22ClF5N8O. The number of carbonyl (C=O) groups is 1. The quantitative estimate of drug-likeness (QED) is 0.187. The highest BCUT2D eigenvalue weighted by atomic mass is 35.5. The number of nitrogens with one attached hydrogen (secondary N) is 1. The minimum absolute atomic E-state index is 0.0734. The molecule has 1 aliphatic heterocycles. The lowest BCUT2D eigenvalue weighted by atomic mass is 9.87. The van der Waals surface area contributed by atoms with E-state index in [4.69, 9.17) is 17.3 Å². The SMILES string of the molecule is CN=NN=C(N)c1ccc(Cl)cc1C(=O)N1CC(F)(F)CC(C)C1CNc1ncc(C(F)(F)F)cn1. The Morgan fingerprint density at radius 2 is 1.94 bits per heavy atom. The monoisotopic (exact) mass is 532 g/mol. The van der Waals surface area contributed by atoms with Gasteiger partial charge in [0.1, 0.15) is 0 Å². The third-order valence-electron chi connectivity index (χ3n) is 5.52. The van der Waals surface area contributed by atoms with Crippen molar-refractivity contribution in [3.8, 4) is 0 Å². The summed E-state index contributed by atoms with van der Waals surface area (Å²) in [5, 5.41) is 13.5. The summed E-state index contributed by atoms with van der Waals surface area (Å²) < 4.78 is 67.3. The Labute approximate surface area is 207 Å². The third kappa shape index (κ3) is 6.42. The van der Waals surface area contributed by atoms with E-state index < -0.39 is 48.5 Å². The van der Waals surface area contributed by atoms with Crippen LogP contribution in [-0.2, 0) is 6.18 Å². The number of benzene rings is 1. The van der Waals surface area contributed by atoms with E-state index in [0.717, 1.165) is 4.90 Å². The molecule has 2 unspecified atom stereocenters. The average molecular weight is 533 g/mol. The molecule has 0 saturated carbocycles. The number of likely N-dealkylation sites (tertiary alicyclic amines) is 1. The van der Waals surface area contributed by atoms with Crippen LogP contribution in [0.1, 0.15) is 34.8 Å². The standard InChI is InChI=1S/C21H22ClF5N8O/c1-11-6-20(23,24)10-35(16(11)9-32-19-30-7-12(8-31-19)21(25,26)27)18(36)15-5-13(22)3-4-14(15)17(28)33-34-29-2/h3-5,7-8,11,16H,6,9-10H2,1-2H3,(H2,28,29,33)(H,30,31,32). The largest absolute Gasteiger partial charge is 0.419 e. The van der Waals surface area contributed by atoms with Crippen molar-refractivity contribution < 1.29 is 26.7 Å². The van der Waals surface area contributed by atoms with Crippen molar-refractivity contribution in [2.24, 2.45) is 27.1 Å². The van der Waals surface area contributed by atoms with E-state index in [1.54, 1.807) is 6.92 Å². The van der Waals surface area contributed by atoms with Gasteiger partial charge in [-0.15, -0.1) is 5.10 Å². The summed E-state index contributed by atoms with van der Waals surface area (Å²) in [7, 11) is 1.36. The minimum atomic E-state index is -4.61. The zero-order valence-corrected chi connectivity index (χ0v) is 19.9. The van der Waals surface area contributed by atoms with E-state index in [1.165, 1.54) is 25.2 Å². The molecule has 36 heavy (non-hydrogen) atoms. The number of hydrogen-bond acceptors (Lipinski definition) is 6. The van der Waals surface area contributed by atoms with Crippen LogP contribution in [0.5, 0.6) is 0 Å². The van der Waals surface area contributed by atoms with Crippen LogP contribution < -0.4 is 11.1 Å². The molecule has 1 aromatic heterocycles. The first-order valence-electron chi connectivity index (χ1n) is 10.6. The van der Waals surface area contributed by atoms with Crippen LogP contribution in [-0.4, -0.2) is 58.7 Å². The summed E-state index contributed by atoms with van der Waals surface area (Å²) in [5.74, 6) is -4.98. The summed E-state index contributed by atoms with van der Waals surface area (Å²) in [6, 6.07) is 3.36. The Balaban J connectivity index is 1.91. The average Bonchev–Trinajstić information content (AvgIpc) is 2.80. The molecule has 0 bridgehead atoms. The molecule has 0 radical (unpaired) electrons. The predicted molar refractivity (Wildman–Crippen MR) is 122 cm³/mol. The molecule has 3 N–H and O–H groups in total. The Hall–Kier alpha value is -3.42. The number of aromatic nitrogens is 2. The van der Waals surface area contributed by atoms with Crippen molar-refractivity contribution in [3.63, 3.8) is 0 Å². The summed E-state index contributed by atoms with van der Waals surface area (Å²) >= 11 is 6.07. The first kappa shape index (κ1) is 27.2. The number of anilines is 1. The number of alkyl halides is 5. The molecular weight excluding hydrogens is 511 g/mol. The number of amides is 1. The van der Waals surface area contributed by atoms with Crippen LogP contribution in [0.4, 0.5) is 27.9 Å². The Morgan fingerprint density at radius 1 is 1.28 bits per heavy atom. The maximum Gasteiger partial charge on any atom is 0.419 e. The summed E-state index contributed by atoms with van der Waals surface area (Å²) in [5.41, 5.74) is 4.93. The molecule has 15 heteroatoms. The maximum absolute atomic E-state index is 14.5. The van der Waals surface area contributed by atoms with Gasteiger partial charge in [-0.3, -0.25) is 4.79 Å². The fourth-order valence-corrected chi connectivity index (χ4v) is 4.03. The van der Waals surface area contributed by atoms with E-state index in [1.807, 2.05) is 0 Å². The van der Waals surface area contributed by atoms with E-state index in [0.29, 0.717) is 12.4 Å². The van der Waals surface area contributed by atoms with Gasteiger partial charge >= 0.3 is 6.18 Å². The first-order chi connectivity index (χ1) is 16.8. The van der Waals surface area contributed by atoms with Gasteiger partial charge in [-0.1, -0.05) is 18.5 Å². The van der Waals surface area contributed by atoms with E-state index in [9.17, 15) is 26.7 Å². The van der Waals surface area contributed by atoms with Crippen LogP contribution in [0.15, 0.2) is 46.0 Å². The van der Waals surface area contributed by atoms with Crippen molar-refractivity contribution in [3.05, 3.63) is 52.3 Å². The van der Waals surface area contributed by atoms with Gasteiger partial charge in [-0.05, 0) is 29.3 Å². The number of carbonyl (C=O) groups excluding carboxylic acids is 1. The summed E-state index contributed by atoms with van der Waals surface area (Å²) in [4.78, 5) is 21.8. The van der Waals surface area contributed by atoms with Crippen LogP contribution in [0.2, 0.25) is 5.02 Å². The Morgan fingerprint density at radius 3 is 2.56 bits per heavy atom. The lowest BCUT2D eigenvalue weighted by molar-refractivity contribution is -0.138. The second kappa shape index (κ2) is 10.7. The molecule has 1 saturated heterocycles. The molecule has 194 valence electrons. The predicted octanol–water partition coefficient (Wildman–Crippen LogP) is 4.45. The molecule has 1 amide bonds. The maximum atomic E-state index is 14.5. The summed E-state index contributed by atoms with van der Waals surface area (Å²) in [6.07, 6.45) is -3.90. The lowest BCUT2D eigenvalue weighted by Gasteiger charge is -2.43. The molecule has 2 atom stereocenters. The molecule has 0 spiro atoms. The van der Waals surface area contributed by atoms with E-state index in [2.05, 4.69) is 30.7 Å². The second-order valence-electron chi connectivity index (χ2n) is 8.18. The van der Waals surface area contributed by atoms with Gasteiger partial charge in [-0.2, -0.15) is 18.3 Å². The highest BCUT2D eigenvalue weighted by molar-refractivity contribution is 6.31. The van der Waals surface area contributed by atoms with Crippen molar-refractivity contribution >= 4 is 29.3 Å². The molecule has 2 heterocycles. The number of rotatable bonds is 6. The topological polar surface area (TPSA) is 121 Å². The van der Waals surface area contributed by atoms with Crippen LogP contribution in [0.3, 0.4) is 0 Å². The minimum Gasteiger partial charge on any atom is -0.382 e. The number of hydrogen-bond donors (Lipinski definition) is 2. The van der Waals surface area contributed by atoms with Crippen LogP contribution in [0, 0.1) is 5.92 Å². The van der Waals surface area contributed by atoms with E-state index >= 15 is 0 Å². The van der Waals surface area contributed by atoms with Crippen molar-refractivity contribution in [1.82, 2.24) is 14.9 Å². The normalized spacial score (nSPS) is 20.6. The zero-order chi connectivity index (χ0) is 26.7. The second-order valence-corrected chi connectivity index (χ2v) is 8.61. The molecule has 9 nitrogen and oxygen atoms in total. The highest BCUT2D eigenvalue weighted by Crippen LogP contribution is 2.36. The van der Waals surface area contributed by atoms with Gasteiger partial charge in [0, 0.05) is 35.9 Å². The molecule has 3 rings (SSSR count). The Bertz CT molecular complexity index is 1160. The van der Waals surface area contributed by atoms with Gasteiger partial charge in [0.15, 0.2) is 5.84 Å². The Kier molecular flexibility index (Phi) is 8.06. The molecule has 0 aliphatic carbocycles. The molecule has 1 aromatic carbocycles. The number of nitrogens with zero attached hydrogens (tertiary/aromatic N) is 6. The van der Waals surface area contributed by atoms with Crippen LogP contribution in [0.25, 0.3) is 0 Å². The lowest BCUT2D eigenvalue weighted by Crippen LogP contribution is -2.57. The molecule has 1 aliphatic rings. The number of nitrogens with two attached hydrogens (primary N) is 1. The van der Waals surface area contributed by atoms with Crippen molar-refractivity contribution in [1.29, 1.82) is 0 Å². The number of amidine groups is 1. The van der Waals surface area contributed by atoms with Crippen molar-refractivity contribution in [2.45, 2.75) is 31.5 Å². The van der Waals surface area contributed by atoms with Gasteiger partial charge in [0.25, 0.3) is 11.8 Å². The van der Waals surface area contributed by atoms with E-state index in [-0.39, 0.29) is 34.5 Å². The third-order valence-corrected chi connectivity index (χ3v) is 5.75. The highest BCUT2D eigenvalue weighted by Gasteiger charge is 2.46. The molecule has 1 fully saturated rings. The van der Waals surface area contributed by atoms with Gasteiger partial charge in [0.05, 0.1) is 30.8 Å². The molecule has 2 aromatic rings. The zero-order valence-electron chi connectivity index (χ0n) is 19.1. The summed E-state index contributed by atoms with van der Waals surface area (Å²) in [6.45, 7) is 0.551. The van der Waals surface area contributed by atoms with Gasteiger partial charge < -0.3 is 16.0 Å². The van der Waals surface area contributed by atoms with Crippen LogP contribution >= 0.6 is 11.6 Å². The fourth-order valence-electron chi connectivity index (χ4n) is 3.86. The smallest absolute Gasteiger partial charge is 0.382 e. The number of piperidine rings is 1. The first-order valence-corrected chi connectivity index (χ1v) is 10.9. The fraction of sp³-hybridized carbons (Fsp3) is 0.429.